The maximum Gasteiger partial charge on any atom is 1.00 e. The van der Waals surface area contributed by atoms with Gasteiger partial charge in [-0.25, -0.2) is 0 Å². The van der Waals surface area contributed by atoms with Crippen LogP contribution < -0.4 is 59.1 Å². The smallest absolute Gasteiger partial charge is 0.780 e. The number of hydrogen-bond donors (Lipinski definition) is 3. The SMILES string of the molecule is O=S([O-])([O-])=S.OB(O)O.[Na+].[Na+]. The second-order valence-electron chi connectivity index (χ2n) is 0.755. The Morgan fingerprint density at radius 3 is 1.18 bits per heavy atom. The van der Waals surface area contributed by atoms with Crippen LogP contribution in [0.3, 0.4) is 0 Å². The van der Waals surface area contributed by atoms with Crippen LogP contribution in [0, 0.1) is 0 Å². The predicted molar refractivity (Wildman–Crippen MR) is 29.5 cm³/mol. The molecule has 56 valence electrons. The van der Waals surface area contributed by atoms with E-state index in [0.717, 1.165) is 0 Å². The van der Waals surface area contributed by atoms with E-state index in [9.17, 15) is 0 Å². The Morgan fingerprint density at radius 1 is 1.18 bits per heavy atom. The van der Waals surface area contributed by atoms with Gasteiger partial charge in [0.15, 0.2) is 0 Å². The maximum absolute atomic E-state index is 8.89. The Balaban J connectivity index is -0.0000000383. The molecule has 0 saturated heterocycles. The van der Waals surface area contributed by atoms with Gasteiger partial charge in [0.2, 0.25) is 0 Å². The van der Waals surface area contributed by atoms with Crippen molar-refractivity contribution < 1.29 is 87.5 Å². The monoisotopic (exact) mass is 220 g/mol. The summed E-state index contributed by atoms with van der Waals surface area (Å²) in [7, 11) is -6.50. The quantitative estimate of drug-likeness (QED) is 0.346. The van der Waals surface area contributed by atoms with Crippen LogP contribution >= 0.6 is 0 Å². The molecule has 0 aliphatic carbocycles. The van der Waals surface area contributed by atoms with Crippen LogP contribution in [-0.2, 0) is 20.2 Å². The van der Waals surface area contributed by atoms with Crippen molar-refractivity contribution in [1.82, 2.24) is 0 Å². The third kappa shape index (κ3) is 257. The summed E-state index contributed by atoms with van der Waals surface area (Å²) in [6.45, 7) is 0. The van der Waals surface area contributed by atoms with Crippen LogP contribution in [0.5, 0.6) is 0 Å². The molecule has 0 saturated carbocycles. The van der Waals surface area contributed by atoms with Gasteiger partial charge in [0.1, 0.15) is 0 Å². The predicted octanol–water partition coefficient (Wildman–Crippen LogP) is -9.05. The van der Waals surface area contributed by atoms with Crippen LogP contribution in [0.15, 0.2) is 0 Å². The Kier molecular flexibility index (Phi) is 25.8. The Hall–Kier alpha value is 2.23. The minimum Gasteiger partial charge on any atom is -0.780 e. The van der Waals surface area contributed by atoms with E-state index in [1.54, 1.807) is 0 Å². The van der Waals surface area contributed by atoms with Crippen LogP contribution in [0.4, 0.5) is 0 Å². The van der Waals surface area contributed by atoms with Crippen LogP contribution in [0.1, 0.15) is 0 Å². The maximum atomic E-state index is 8.89. The Bertz CT molecular complexity index is 130. The van der Waals surface area contributed by atoms with E-state index in [1.807, 2.05) is 0 Å². The molecule has 3 N–H and O–H groups in total. The van der Waals surface area contributed by atoms with Crippen molar-refractivity contribution in [3.63, 3.8) is 0 Å². The summed E-state index contributed by atoms with van der Waals surface area (Å²) in [4.78, 5) is 0. The van der Waals surface area contributed by atoms with Crippen molar-refractivity contribution in [3.05, 3.63) is 0 Å². The van der Waals surface area contributed by atoms with Gasteiger partial charge < -0.3 is 24.2 Å². The van der Waals surface area contributed by atoms with Crippen molar-refractivity contribution in [2.45, 2.75) is 0 Å². The fourth-order valence-corrected chi connectivity index (χ4v) is 0. The van der Waals surface area contributed by atoms with E-state index in [0.29, 0.717) is 0 Å². The van der Waals surface area contributed by atoms with Crippen molar-refractivity contribution in [2.75, 3.05) is 0 Å². The first-order valence-electron chi connectivity index (χ1n) is 1.44. The summed E-state index contributed by atoms with van der Waals surface area (Å²) < 4.78 is 26.7. The van der Waals surface area contributed by atoms with E-state index < -0.39 is 16.4 Å². The fourth-order valence-electron chi connectivity index (χ4n) is 0. The van der Waals surface area contributed by atoms with Gasteiger partial charge in [0, 0.05) is 0 Å². The van der Waals surface area contributed by atoms with Crippen molar-refractivity contribution in [1.29, 1.82) is 0 Å². The summed E-state index contributed by atoms with van der Waals surface area (Å²) in [6, 6.07) is 0. The summed E-state index contributed by atoms with van der Waals surface area (Å²) >= 11 is 3.24. The minimum atomic E-state index is -4.33. The molecule has 0 rings (SSSR count). The van der Waals surface area contributed by atoms with Crippen molar-refractivity contribution >= 4 is 27.6 Å². The second kappa shape index (κ2) is 12.2. The van der Waals surface area contributed by atoms with Gasteiger partial charge in [-0.15, -0.1) is 9.05 Å². The summed E-state index contributed by atoms with van der Waals surface area (Å²) in [5.74, 6) is 0. The molecule has 0 aromatic heterocycles. The molecular formula is H3BNa2O6S2. The van der Waals surface area contributed by atoms with E-state index in [4.69, 9.17) is 28.4 Å². The summed E-state index contributed by atoms with van der Waals surface area (Å²) in [5, 5.41) is 21.5. The van der Waals surface area contributed by atoms with Crippen LogP contribution in [-0.4, -0.2) is 35.7 Å². The normalized spacial score (nSPS) is 7.73. The first-order valence-corrected chi connectivity index (χ1v) is 3.77. The first kappa shape index (κ1) is 23.2. The molecule has 0 aromatic carbocycles. The summed E-state index contributed by atoms with van der Waals surface area (Å²) in [5.41, 5.74) is 0. The molecule has 0 aliphatic rings. The third-order valence-electron chi connectivity index (χ3n) is 0. The fraction of sp³-hybridized carbons (Fsp3) is 0. The molecule has 0 atom stereocenters. The Morgan fingerprint density at radius 2 is 1.18 bits per heavy atom. The van der Waals surface area contributed by atoms with Gasteiger partial charge in [-0.1, -0.05) is 0 Å². The van der Waals surface area contributed by atoms with E-state index in [1.165, 1.54) is 0 Å². The van der Waals surface area contributed by atoms with Crippen LogP contribution in [0.2, 0.25) is 0 Å². The average molecular weight is 220 g/mol. The molecule has 6 nitrogen and oxygen atoms in total. The molecule has 0 aromatic rings. The van der Waals surface area contributed by atoms with Crippen molar-refractivity contribution in [3.8, 4) is 0 Å². The molecule has 0 radical (unpaired) electrons. The zero-order chi connectivity index (χ0) is 8.08. The third-order valence-corrected chi connectivity index (χ3v) is 0. The topological polar surface area (TPSA) is 124 Å². The molecule has 11 heteroatoms. The standard InChI is InChI=1S/BH3O3.2Na.H2O3S2/c2-1(3)4;;;1-5(2,3)4/h2-4H;;;(H2,1,2,3,4)/q;2*+1;/p-2. The van der Waals surface area contributed by atoms with E-state index in [-0.39, 0.29) is 59.1 Å². The molecular weight excluding hydrogens is 217 g/mol. The average Bonchev–Trinajstić information content (AvgIpc) is 1.19. The zero-order valence-electron chi connectivity index (χ0n) is 5.96. The van der Waals surface area contributed by atoms with Crippen molar-refractivity contribution in [2.24, 2.45) is 0 Å². The second-order valence-corrected chi connectivity index (χ2v) is 2.80. The van der Waals surface area contributed by atoms with Gasteiger partial charge in [-0.05, 0) is 11.2 Å². The molecule has 11 heavy (non-hydrogen) atoms. The molecule has 0 bridgehead atoms. The van der Waals surface area contributed by atoms with Gasteiger partial charge >= 0.3 is 66.4 Å². The van der Waals surface area contributed by atoms with Gasteiger partial charge in [0.05, 0.1) is 0 Å². The van der Waals surface area contributed by atoms with Gasteiger partial charge in [-0.3, -0.25) is 4.21 Å². The molecule has 0 amide bonds. The van der Waals surface area contributed by atoms with Gasteiger partial charge in [-0.2, -0.15) is 0 Å². The number of hydrogen-bond acceptors (Lipinski definition) is 7. The zero-order valence-corrected chi connectivity index (χ0v) is 11.6. The minimum absolute atomic E-state index is 0. The van der Waals surface area contributed by atoms with E-state index in [2.05, 4.69) is 11.2 Å². The Labute approximate surface area is 113 Å². The summed E-state index contributed by atoms with van der Waals surface area (Å²) in [6.07, 6.45) is 0. The molecule has 0 aliphatic heterocycles. The largest absolute Gasteiger partial charge is 1.00 e. The number of rotatable bonds is 0. The van der Waals surface area contributed by atoms with Gasteiger partial charge in [0.25, 0.3) is 0 Å². The first-order chi connectivity index (χ1) is 3.73. The van der Waals surface area contributed by atoms with E-state index >= 15 is 0 Å². The molecule has 0 unspecified atom stereocenters. The van der Waals surface area contributed by atoms with Crippen LogP contribution in [0.25, 0.3) is 0 Å². The molecule has 0 spiro atoms. The molecule has 0 heterocycles. The molecule has 0 fully saturated rings.